The summed E-state index contributed by atoms with van der Waals surface area (Å²) in [5.41, 5.74) is 6.39. The van der Waals surface area contributed by atoms with Crippen molar-refractivity contribution in [1.82, 2.24) is 9.97 Å². The standard InChI is InChI=1S/C8H13N3S/c1-6(2)12-8-10-4-7(3-9)5-11-8/h4-6H,3,9H2,1-2H3. The molecule has 12 heavy (non-hydrogen) atoms. The Labute approximate surface area is 76.8 Å². The molecule has 0 spiro atoms. The molecule has 0 aliphatic rings. The average Bonchev–Trinajstić information content (AvgIpc) is 2.05. The lowest BCUT2D eigenvalue weighted by molar-refractivity contribution is 0.907. The largest absolute Gasteiger partial charge is 0.326 e. The fourth-order valence-electron chi connectivity index (χ4n) is 0.720. The maximum absolute atomic E-state index is 5.41. The molecule has 0 aliphatic carbocycles. The van der Waals surface area contributed by atoms with Crippen LogP contribution in [-0.2, 0) is 6.54 Å². The third-order valence-electron chi connectivity index (χ3n) is 1.26. The van der Waals surface area contributed by atoms with Crippen molar-refractivity contribution in [3.63, 3.8) is 0 Å². The van der Waals surface area contributed by atoms with Gasteiger partial charge in [-0.05, 0) is 0 Å². The van der Waals surface area contributed by atoms with E-state index in [0.29, 0.717) is 11.8 Å². The number of hydrogen-bond acceptors (Lipinski definition) is 4. The SMILES string of the molecule is CC(C)Sc1ncc(CN)cn1. The van der Waals surface area contributed by atoms with E-state index in [1.807, 2.05) is 0 Å². The zero-order chi connectivity index (χ0) is 8.97. The number of hydrogen-bond donors (Lipinski definition) is 1. The van der Waals surface area contributed by atoms with Gasteiger partial charge in [0.1, 0.15) is 0 Å². The Morgan fingerprint density at radius 2 is 2.00 bits per heavy atom. The third-order valence-corrected chi connectivity index (χ3v) is 2.15. The molecule has 0 amide bonds. The third kappa shape index (κ3) is 2.79. The predicted octanol–water partition coefficient (Wildman–Crippen LogP) is 1.44. The van der Waals surface area contributed by atoms with Gasteiger partial charge in [-0.15, -0.1) is 0 Å². The van der Waals surface area contributed by atoms with Gasteiger partial charge in [0, 0.05) is 29.8 Å². The van der Waals surface area contributed by atoms with Crippen LogP contribution in [0.15, 0.2) is 17.6 Å². The minimum Gasteiger partial charge on any atom is -0.326 e. The molecular formula is C8H13N3S. The molecule has 2 N–H and O–H groups in total. The molecule has 3 nitrogen and oxygen atoms in total. The van der Waals surface area contributed by atoms with Crippen LogP contribution in [0.25, 0.3) is 0 Å². The second kappa shape index (κ2) is 4.42. The Balaban J connectivity index is 2.65. The van der Waals surface area contributed by atoms with Crippen molar-refractivity contribution < 1.29 is 0 Å². The van der Waals surface area contributed by atoms with Gasteiger partial charge in [0.25, 0.3) is 0 Å². The highest BCUT2D eigenvalue weighted by atomic mass is 32.2. The van der Waals surface area contributed by atoms with Gasteiger partial charge in [0.2, 0.25) is 0 Å². The van der Waals surface area contributed by atoms with E-state index in [1.54, 1.807) is 24.2 Å². The summed E-state index contributed by atoms with van der Waals surface area (Å²) in [4.78, 5) is 8.32. The number of thioether (sulfide) groups is 1. The first-order valence-electron chi connectivity index (χ1n) is 3.90. The molecular weight excluding hydrogens is 170 g/mol. The molecule has 0 aliphatic heterocycles. The van der Waals surface area contributed by atoms with Gasteiger partial charge < -0.3 is 5.73 Å². The smallest absolute Gasteiger partial charge is 0.187 e. The van der Waals surface area contributed by atoms with Crippen molar-refractivity contribution in [2.75, 3.05) is 0 Å². The zero-order valence-corrected chi connectivity index (χ0v) is 8.14. The molecule has 0 saturated carbocycles. The molecule has 1 aromatic rings. The number of aromatic nitrogens is 2. The fourth-order valence-corrected chi connectivity index (χ4v) is 1.37. The molecule has 4 heteroatoms. The summed E-state index contributed by atoms with van der Waals surface area (Å²) in [7, 11) is 0. The van der Waals surface area contributed by atoms with Gasteiger partial charge in [-0.2, -0.15) is 0 Å². The van der Waals surface area contributed by atoms with Crippen LogP contribution < -0.4 is 5.73 Å². The molecule has 0 radical (unpaired) electrons. The van der Waals surface area contributed by atoms with E-state index in [2.05, 4.69) is 23.8 Å². The van der Waals surface area contributed by atoms with E-state index in [0.717, 1.165) is 10.7 Å². The van der Waals surface area contributed by atoms with E-state index >= 15 is 0 Å². The van der Waals surface area contributed by atoms with Crippen LogP contribution >= 0.6 is 11.8 Å². The van der Waals surface area contributed by atoms with Crippen LogP contribution in [0.3, 0.4) is 0 Å². The first-order valence-corrected chi connectivity index (χ1v) is 4.78. The van der Waals surface area contributed by atoms with Gasteiger partial charge in [-0.25, -0.2) is 9.97 Å². The minimum absolute atomic E-state index is 0.507. The summed E-state index contributed by atoms with van der Waals surface area (Å²) in [5.74, 6) is 0. The topological polar surface area (TPSA) is 51.8 Å². The van der Waals surface area contributed by atoms with Gasteiger partial charge in [0.05, 0.1) is 0 Å². The number of nitrogens with two attached hydrogens (primary N) is 1. The molecule has 0 atom stereocenters. The van der Waals surface area contributed by atoms with Crippen molar-refractivity contribution in [2.24, 2.45) is 5.73 Å². The van der Waals surface area contributed by atoms with E-state index in [-0.39, 0.29) is 0 Å². The van der Waals surface area contributed by atoms with Crippen molar-refractivity contribution in [3.05, 3.63) is 18.0 Å². The molecule has 0 saturated heterocycles. The molecule has 1 aromatic heterocycles. The van der Waals surface area contributed by atoms with Crippen LogP contribution in [0.2, 0.25) is 0 Å². The second-order valence-corrected chi connectivity index (χ2v) is 4.29. The highest BCUT2D eigenvalue weighted by Crippen LogP contribution is 2.17. The molecule has 66 valence electrons. The fraction of sp³-hybridized carbons (Fsp3) is 0.500. The van der Waals surface area contributed by atoms with Gasteiger partial charge in [-0.3, -0.25) is 0 Å². The van der Waals surface area contributed by atoms with Crippen LogP contribution in [0.1, 0.15) is 19.4 Å². The zero-order valence-electron chi connectivity index (χ0n) is 7.32. The normalized spacial score (nSPS) is 10.7. The van der Waals surface area contributed by atoms with Gasteiger partial charge >= 0.3 is 0 Å². The predicted molar refractivity (Wildman–Crippen MR) is 50.9 cm³/mol. The number of nitrogens with zero attached hydrogens (tertiary/aromatic N) is 2. The highest BCUT2D eigenvalue weighted by molar-refractivity contribution is 7.99. The molecule has 0 aromatic carbocycles. The lowest BCUT2D eigenvalue weighted by Crippen LogP contribution is -1.99. The van der Waals surface area contributed by atoms with Crippen LogP contribution in [-0.4, -0.2) is 15.2 Å². The Kier molecular flexibility index (Phi) is 3.49. The Morgan fingerprint density at radius 3 is 2.42 bits per heavy atom. The van der Waals surface area contributed by atoms with Gasteiger partial charge in [0.15, 0.2) is 5.16 Å². The van der Waals surface area contributed by atoms with Crippen molar-refractivity contribution >= 4 is 11.8 Å². The summed E-state index contributed by atoms with van der Waals surface area (Å²) in [5, 5.41) is 1.34. The van der Waals surface area contributed by atoms with Gasteiger partial charge in [-0.1, -0.05) is 25.6 Å². The quantitative estimate of drug-likeness (QED) is 0.569. The monoisotopic (exact) mass is 183 g/mol. The minimum atomic E-state index is 0.507. The molecule has 1 heterocycles. The van der Waals surface area contributed by atoms with E-state index < -0.39 is 0 Å². The molecule has 0 bridgehead atoms. The van der Waals surface area contributed by atoms with Crippen molar-refractivity contribution in [3.8, 4) is 0 Å². The maximum atomic E-state index is 5.41. The molecule has 1 rings (SSSR count). The summed E-state index contributed by atoms with van der Waals surface area (Å²) < 4.78 is 0. The van der Waals surface area contributed by atoms with Crippen LogP contribution in [0, 0.1) is 0 Å². The Bertz CT molecular complexity index is 233. The average molecular weight is 183 g/mol. The Morgan fingerprint density at radius 1 is 1.42 bits per heavy atom. The van der Waals surface area contributed by atoms with Crippen LogP contribution in [0.5, 0.6) is 0 Å². The van der Waals surface area contributed by atoms with Crippen LogP contribution in [0.4, 0.5) is 0 Å². The number of rotatable bonds is 3. The molecule has 0 unspecified atom stereocenters. The maximum Gasteiger partial charge on any atom is 0.187 e. The van der Waals surface area contributed by atoms with E-state index in [4.69, 9.17) is 5.73 Å². The summed E-state index contributed by atoms with van der Waals surface area (Å²) >= 11 is 1.65. The highest BCUT2D eigenvalue weighted by Gasteiger charge is 2.00. The van der Waals surface area contributed by atoms with E-state index in [9.17, 15) is 0 Å². The lowest BCUT2D eigenvalue weighted by Gasteiger charge is -2.02. The van der Waals surface area contributed by atoms with Crippen molar-refractivity contribution in [2.45, 2.75) is 30.8 Å². The Hall–Kier alpha value is -0.610. The summed E-state index contributed by atoms with van der Waals surface area (Å²) in [6.07, 6.45) is 3.55. The second-order valence-electron chi connectivity index (χ2n) is 2.74. The van der Waals surface area contributed by atoms with E-state index in [1.165, 1.54) is 0 Å². The lowest BCUT2D eigenvalue weighted by atomic mass is 10.4. The molecule has 0 fully saturated rings. The summed E-state index contributed by atoms with van der Waals surface area (Å²) in [6.45, 7) is 4.74. The first kappa shape index (κ1) is 9.48. The summed E-state index contributed by atoms with van der Waals surface area (Å²) in [6, 6.07) is 0. The van der Waals surface area contributed by atoms with Crippen molar-refractivity contribution in [1.29, 1.82) is 0 Å². The first-order chi connectivity index (χ1) is 5.72.